The van der Waals surface area contributed by atoms with Crippen LogP contribution in [0.5, 0.6) is 0 Å². The van der Waals surface area contributed by atoms with Gasteiger partial charge in [0.1, 0.15) is 5.69 Å². The molecular formula is C11H15ClN2O2. The van der Waals surface area contributed by atoms with Crippen LogP contribution < -0.4 is 0 Å². The molecule has 0 aliphatic carbocycles. The number of Topliss-reactive ketones (excluding diaryl/α,β-unsaturated/α-hetero) is 1. The standard InChI is InChI=1S/C11H15ClN2O2/c1-2-4-14-10(9(12)6-13-14)11(15)8-3-5-16-7-8/h6,8H,2-5,7H2,1H3. The second-order valence-corrected chi connectivity index (χ2v) is 4.40. The van der Waals surface area contributed by atoms with Gasteiger partial charge in [-0.05, 0) is 12.8 Å². The molecule has 0 aromatic carbocycles. The lowest BCUT2D eigenvalue weighted by molar-refractivity contribution is 0.0889. The first-order valence-corrected chi connectivity index (χ1v) is 5.95. The molecule has 0 saturated carbocycles. The molecule has 1 fully saturated rings. The van der Waals surface area contributed by atoms with E-state index < -0.39 is 0 Å². The molecule has 2 heterocycles. The first-order chi connectivity index (χ1) is 7.74. The van der Waals surface area contributed by atoms with Gasteiger partial charge in [0.25, 0.3) is 0 Å². The Labute approximate surface area is 99.5 Å². The molecule has 4 nitrogen and oxygen atoms in total. The summed E-state index contributed by atoms with van der Waals surface area (Å²) in [5, 5.41) is 4.57. The van der Waals surface area contributed by atoms with Gasteiger partial charge >= 0.3 is 0 Å². The van der Waals surface area contributed by atoms with Crippen LogP contribution in [0.3, 0.4) is 0 Å². The van der Waals surface area contributed by atoms with Crippen LogP contribution in [-0.2, 0) is 11.3 Å². The minimum atomic E-state index is -0.0511. The Hall–Kier alpha value is -0.870. The van der Waals surface area contributed by atoms with Crippen molar-refractivity contribution < 1.29 is 9.53 Å². The van der Waals surface area contributed by atoms with E-state index in [0.29, 0.717) is 23.9 Å². The lowest BCUT2D eigenvalue weighted by Gasteiger charge is -2.09. The molecule has 2 rings (SSSR count). The van der Waals surface area contributed by atoms with Crippen LogP contribution in [0.25, 0.3) is 0 Å². The van der Waals surface area contributed by atoms with Gasteiger partial charge in [-0.15, -0.1) is 0 Å². The maximum Gasteiger partial charge on any atom is 0.187 e. The van der Waals surface area contributed by atoms with Gasteiger partial charge in [0.05, 0.1) is 17.8 Å². The van der Waals surface area contributed by atoms with Gasteiger partial charge in [-0.2, -0.15) is 5.10 Å². The molecule has 0 radical (unpaired) electrons. The molecule has 1 unspecified atom stereocenters. The van der Waals surface area contributed by atoms with E-state index >= 15 is 0 Å². The molecule has 1 aliphatic heterocycles. The summed E-state index contributed by atoms with van der Waals surface area (Å²) in [6.07, 6.45) is 3.26. The van der Waals surface area contributed by atoms with E-state index in [0.717, 1.165) is 19.4 Å². The second kappa shape index (κ2) is 4.97. The second-order valence-electron chi connectivity index (χ2n) is 3.99. The van der Waals surface area contributed by atoms with Crippen molar-refractivity contribution in [3.05, 3.63) is 16.9 Å². The zero-order valence-electron chi connectivity index (χ0n) is 9.28. The largest absolute Gasteiger partial charge is 0.381 e. The van der Waals surface area contributed by atoms with Gasteiger partial charge in [-0.1, -0.05) is 18.5 Å². The van der Waals surface area contributed by atoms with E-state index in [9.17, 15) is 4.79 Å². The number of hydrogen-bond acceptors (Lipinski definition) is 3. The van der Waals surface area contributed by atoms with E-state index in [1.54, 1.807) is 10.9 Å². The van der Waals surface area contributed by atoms with Crippen LogP contribution in [0, 0.1) is 5.92 Å². The minimum Gasteiger partial charge on any atom is -0.381 e. The van der Waals surface area contributed by atoms with Crippen molar-refractivity contribution in [2.45, 2.75) is 26.3 Å². The first kappa shape index (κ1) is 11.6. The van der Waals surface area contributed by atoms with Gasteiger partial charge in [0.15, 0.2) is 5.78 Å². The molecule has 0 spiro atoms. The predicted molar refractivity (Wildman–Crippen MR) is 60.8 cm³/mol. The molecule has 0 amide bonds. The average Bonchev–Trinajstić information content (AvgIpc) is 2.88. The zero-order valence-corrected chi connectivity index (χ0v) is 10.0. The number of rotatable bonds is 4. The van der Waals surface area contributed by atoms with Crippen LogP contribution in [0.15, 0.2) is 6.20 Å². The van der Waals surface area contributed by atoms with Crippen LogP contribution >= 0.6 is 11.6 Å². The topological polar surface area (TPSA) is 44.1 Å². The summed E-state index contributed by atoms with van der Waals surface area (Å²) in [6, 6.07) is 0. The van der Waals surface area contributed by atoms with E-state index in [-0.39, 0.29) is 11.7 Å². The first-order valence-electron chi connectivity index (χ1n) is 5.57. The Balaban J connectivity index is 2.23. The maximum atomic E-state index is 12.2. The van der Waals surface area contributed by atoms with E-state index in [1.165, 1.54) is 0 Å². The fraction of sp³-hybridized carbons (Fsp3) is 0.636. The SMILES string of the molecule is CCCn1ncc(Cl)c1C(=O)C1CCOC1. The van der Waals surface area contributed by atoms with Crippen molar-refractivity contribution in [3.8, 4) is 0 Å². The van der Waals surface area contributed by atoms with Crippen molar-refractivity contribution in [3.63, 3.8) is 0 Å². The van der Waals surface area contributed by atoms with E-state index in [1.807, 2.05) is 6.92 Å². The number of ether oxygens (including phenoxy) is 1. The molecule has 1 aromatic heterocycles. The molecule has 88 valence electrons. The van der Waals surface area contributed by atoms with Gasteiger partial charge in [-0.3, -0.25) is 9.48 Å². The molecule has 16 heavy (non-hydrogen) atoms. The molecular weight excluding hydrogens is 228 g/mol. The zero-order chi connectivity index (χ0) is 11.5. The van der Waals surface area contributed by atoms with Crippen LogP contribution in [0.1, 0.15) is 30.3 Å². The number of carbonyl (C=O) groups excluding carboxylic acids is 1. The fourth-order valence-corrected chi connectivity index (χ4v) is 2.16. The molecule has 0 N–H and O–H groups in total. The highest BCUT2D eigenvalue weighted by molar-refractivity contribution is 6.33. The van der Waals surface area contributed by atoms with Crippen molar-refractivity contribution in [1.29, 1.82) is 0 Å². The quantitative estimate of drug-likeness (QED) is 0.760. The highest BCUT2D eigenvalue weighted by Crippen LogP contribution is 2.23. The summed E-state index contributed by atoms with van der Waals surface area (Å²) in [5.41, 5.74) is 0.541. The van der Waals surface area contributed by atoms with Gasteiger partial charge in [0.2, 0.25) is 0 Å². The normalized spacial score (nSPS) is 20.2. The smallest absolute Gasteiger partial charge is 0.187 e. The van der Waals surface area contributed by atoms with Crippen molar-refractivity contribution in [2.75, 3.05) is 13.2 Å². The third kappa shape index (κ3) is 2.13. The number of carbonyl (C=O) groups is 1. The van der Waals surface area contributed by atoms with Crippen LogP contribution in [0.4, 0.5) is 0 Å². The van der Waals surface area contributed by atoms with Gasteiger partial charge in [-0.25, -0.2) is 0 Å². The third-order valence-electron chi connectivity index (χ3n) is 2.76. The Morgan fingerprint density at radius 2 is 2.56 bits per heavy atom. The minimum absolute atomic E-state index is 0.0511. The van der Waals surface area contributed by atoms with Crippen LogP contribution in [0.2, 0.25) is 5.02 Å². The van der Waals surface area contributed by atoms with E-state index in [2.05, 4.69) is 5.10 Å². The number of halogens is 1. The number of aryl methyl sites for hydroxylation is 1. The number of aromatic nitrogens is 2. The van der Waals surface area contributed by atoms with E-state index in [4.69, 9.17) is 16.3 Å². The summed E-state index contributed by atoms with van der Waals surface area (Å²) in [4.78, 5) is 12.2. The average molecular weight is 243 g/mol. The molecule has 1 saturated heterocycles. The number of ketones is 1. The third-order valence-corrected chi connectivity index (χ3v) is 3.04. The highest BCUT2D eigenvalue weighted by Gasteiger charge is 2.28. The van der Waals surface area contributed by atoms with Crippen molar-refractivity contribution >= 4 is 17.4 Å². The summed E-state index contributed by atoms with van der Waals surface area (Å²) in [7, 11) is 0. The monoisotopic (exact) mass is 242 g/mol. The van der Waals surface area contributed by atoms with Gasteiger partial charge < -0.3 is 4.74 Å². The number of nitrogens with zero attached hydrogens (tertiary/aromatic N) is 2. The lowest BCUT2D eigenvalue weighted by Crippen LogP contribution is -2.19. The maximum absolute atomic E-state index is 12.2. The Kier molecular flexibility index (Phi) is 3.61. The Morgan fingerprint density at radius 3 is 3.19 bits per heavy atom. The predicted octanol–water partition coefficient (Wildman–Crippen LogP) is 2.17. The Bertz CT molecular complexity index is 383. The summed E-state index contributed by atoms with van der Waals surface area (Å²) in [5.74, 6) is 0.0123. The lowest BCUT2D eigenvalue weighted by atomic mass is 10.0. The summed E-state index contributed by atoms with van der Waals surface area (Å²) >= 11 is 6.01. The van der Waals surface area contributed by atoms with Gasteiger partial charge in [0, 0.05) is 19.1 Å². The molecule has 5 heteroatoms. The summed E-state index contributed by atoms with van der Waals surface area (Å²) < 4.78 is 6.92. The van der Waals surface area contributed by atoms with Crippen LogP contribution in [-0.4, -0.2) is 28.8 Å². The fourth-order valence-electron chi connectivity index (χ4n) is 1.92. The number of hydrogen-bond donors (Lipinski definition) is 0. The molecule has 1 atom stereocenters. The molecule has 1 aliphatic rings. The van der Waals surface area contributed by atoms with Crippen molar-refractivity contribution in [2.24, 2.45) is 5.92 Å². The van der Waals surface area contributed by atoms with Crippen molar-refractivity contribution in [1.82, 2.24) is 9.78 Å². The molecule has 1 aromatic rings. The molecule has 0 bridgehead atoms. The highest BCUT2D eigenvalue weighted by atomic mass is 35.5. The Morgan fingerprint density at radius 1 is 1.75 bits per heavy atom. The summed E-state index contributed by atoms with van der Waals surface area (Å²) in [6.45, 7) is 3.94.